The monoisotopic (exact) mass is 473 g/mol. The Hall–Kier alpha value is -2.87. The highest BCUT2D eigenvalue weighted by Gasteiger charge is 2.28. The van der Waals surface area contributed by atoms with E-state index in [1.165, 1.54) is 5.56 Å². The molecule has 0 radical (unpaired) electrons. The van der Waals surface area contributed by atoms with Gasteiger partial charge in [0.2, 0.25) is 0 Å². The van der Waals surface area contributed by atoms with E-state index in [9.17, 15) is 9.59 Å². The molecule has 3 N–H and O–H groups in total. The van der Waals surface area contributed by atoms with Gasteiger partial charge in [0.1, 0.15) is 5.60 Å². The van der Waals surface area contributed by atoms with Gasteiger partial charge in [-0.1, -0.05) is 24.6 Å². The number of hydrogen-bond acceptors (Lipinski definition) is 6. The van der Waals surface area contributed by atoms with Crippen LogP contribution in [0, 0.1) is 6.92 Å². The molecule has 3 rings (SSSR count). The number of hydrogen-bond donors (Lipinski definition) is 2. The fourth-order valence-corrected chi connectivity index (χ4v) is 4.24. The number of piperidine rings is 1. The Balaban J connectivity index is 1.71. The van der Waals surface area contributed by atoms with Gasteiger partial charge < -0.3 is 20.7 Å². The largest absolute Gasteiger partial charge is 0.444 e. The zero-order valence-corrected chi connectivity index (χ0v) is 20.6. The molecule has 1 aliphatic rings. The van der Waals surface area contributed by atoms with Crippen LogP contribution in [0.3, 0.4) is 0 Å². The first-order valence-electron chi connectivity index (χ1n) is 11.2. The van der Waals surface area contributed by atoms with E-state index in [-0.39, 0.29) is 22.8 Å². The topological polar surface area (TPSA) is 110 Å². The maximum atomic E-state index is 12.3. The summed E-state index contributed by atoms with van der Waals surface area (Å²) < 4.78 is 5.49. The van der Waals surface area contributed by atoms with Gasteiger partial charge in [0.25, 0.3) is 5.91 Å². The molecule has 0 atom stereocenters. The second-order valence-electron chi connectivity index (χ2n) is 9.31. The first-order valence-corrected chi connectivity index (χ1v) is 11.6. The lowest BCUT2D eigenvalue weighted by molar-refractivity contribution is 0.0204. The van der Waals surface area contributed by atoms with Crippen molar-refractivity contribution < 1.29 is 14.3 Å². The molecule has 33 heavy (non-hydrogen) atoms. The van der Waals surface area contributed by atoms with Gasteiger partial charge in [0, 0.05) is 18.8 Å². The number of anilines is 2. The number of amides is 2. The van der Waals surface area contributed by atoms with Crippen molar-refractivity contribution in [1.82, 2.24) is 14.9 Å². The maximum Gasteiger partial charge on any atom is 0.410 e. The van der Waals surface area contributed by atoms with Gasteiger partial charge in [0.05, 0.1) is 5.69 Å². The molecule has 1 aromatic heterocycles. The SMILES string of the molecule is CCc1nc(C(N)=O)c(Nc2ccc(C3CCN(C(=O)OC(C)(C)C)CC3)c(C)c2)nc1Cl. The molecule has 0 saturated carbocycles. The summed E-state index contributed by atoms with van der Waals surface area (Å²) in [6.45, 7) is 10.9. The number of primary amides is 1. The molecule has 2 heterocycles. The van der Waals surface area contributed by atoms with E-state index in [2.05, 4.69) is 28.3 Å². The molecule has 0 aliphatic carbocycles. The number of halogens is 1. The molecule has 1 aromatic carbocycles. The summed E-state index contributed by atoms with van der Waals surface area (Å²) >= 11 is 6.20. The predicted molar refractivity (Wildman–Crippen MR) is 129 cm³/mol. The zero-order valence-electron chi connectivity index (χ0n) is 19.9. The number of likely N-dealkylation sites (tertiary alicyclic amines) is 1. The Morgan fingerprint density at radius 1 is 1.24 bits per heavy atom. The molecule has 9 heteroatoms. The number of rotatable bonds is 5. The quantitative estimate of drug-likeness (QED) is 0.635. The predicted octanol–water partition coefficient (Wildman–Crippen LogP) is 4.96. The van der Waals surface area contributed by atoms with Crippen molar-refractivity contribution in [3.05, 3.63) is 45.9 Å². The van der Waals surface area contributed by atoms with Crippen LogP contribution in [-0.4, -0.2) is 45.6 Å². The third kappa shape index (κ3) is 6.13. The number of aryl methyl sites for hydroxylation is 2. The summed E-state index contributed by atoms with van der Waals surface area (Å²) in [5.41, 5.74) is 8.71. The summed E-state index contributed by atoms with van der Waals surface area (Å²) in [6, 6.07) is 6.02. The standard InChI is InChI=1S/C24H32ClN5O3/c1-6-18-20(25)29-22(19(28-18)21(26)31)27-16-7-8-17(14(2)13-16)15-9-11-30(12-10-15)23(32)33-24(3,4)5/h7-8,13,15H,6,9-12H2,1-5H3,(H2,26,31)(H,27,29). The minimum atomic E-state index is -0.665. The molecular weight excluding hydrogens is 442 g/mol. The lowest BCUT2D eigenvalue weighted by atomic mass is 9.87. The molecular formula is C24H32ClN5O3. The lowest BCUT2D eigenvalue weighted by Gasteiger charge is -2.34. The third-order valence-corrected chi connectivity index (χ3v) is 5.91. The molecule has 1 fully saturated rings. The highest BCUT2D eigenvalue weighted by Crippen LogP contribution is 2.33. The number of nitrogens with one attached hydrogen (secondary N) is 1. The van der Waals surface area contributed by atoms with E-state index in [0.717, 1.165) is 24.1 Å². The number of ether oxygens (including phenoxy) is 1. The van der Waals surface area contributed by atoms with Gasteiger partial charge in [-0.3, -0.25) is 4.79 Å². The number of nitrogens with zero attached hydrogens (tertiary/aromatic N) is 3. The number of aromatic nitrogens is 2. The molecule has 2 aromatic rings. The lowest BCUT2D eigenvalue weighted by Crippen LogP contribution is -2.41. The normalized spacial score (nSPS) is 14.8. The van der Waals surface area contributed by atoms with Crippen molar-refractivity contribution >= 4 is 35.1 Å². The number of nitrogens with two attached hydrogens (primary N) is 1. The van der Waals surface area contributed by atoms with Crippen molar-refractivity contribution in [2.24, 2.45) is 5.73 Å². The van der Waals surface area contributed by atoms with Crippen LogP contribution < -0.4 is 11.1 Å². The minimum absolute atomic E-state index is 0.0625. The number of benzene rings is 1. The van der Waals surface area contributed by atoms with Crippen LogP contribution in [0.1, 0.15) is 73.8 Å². The van der Waals surface area contributed by atoms with E-state index >= 15 is 0 Å². The van der Waals surface area contributed by atoms with Gasteiger partial charge >= 0.3 is 6.09 Å². The maximum absolute atomic E-state index is 12.3. The summed E-state index contributed by atoms with van der Waals surface area (Å²) in [5, 5.41) is 3.38. The van der Waals surface area contributed by atoms with Gasteiger partial charge in [-0.05, 0) is 76.1 Å². The molecule has 8 nitrogen and oxygen atoms in total. The van der Waals surface area contributed by atoms with E-state index in [1.54, 1.807) is 4.90 Å². The fraction of sp³-hybridized carbons (Fsp3) is 0.500. The van der Waals surface area contributed by atoms with Crippen molar-refractivity contribution in [3.8, 4) is 0 Å². The first-order chi connectivity index (χ1) is 15.5. The Kier molecular flexibility index (Phi) is 7.47. The summed E-state index contributed by atoms with van der Waals surface area (Å²) in [4.78, 5) is 34.5. The molecule has 2 amide bonds. The van der Waals surface area contributed by atoms with Crippen molar-refractivity contribution in [3.63, 3.8) is 0 Å². The van der Waals surface area contributed by atoms with Crippen LogP contribution in [0.5, 0.6) is 0 Å². The van der Waals surface area contributed by atoms with Gasteiger partial charge in [-0.25, -0.2) is 14.8 Å². The number of carbonyl (C=O) groups excluding carboxylic acids is 2. The van der Waals surface area contributed by atoms with Crippen LogP contribution in [0.25, 0.3) is 0 Å². The summed E-state index contributed by atoms with van der Waals surface area (Å²) in [5.74, 6) is -0.0686. The van der Waals surface area contributed by atoms with Gasteiger partial charge in [-0.15, -0.1) is 0 Å². The van der Waals surface area contributed by atoms with Crippen molar-refractivity contribution in [2.45, 2.75) is 65.4 Å². The van der Waals surface area contributed by atoms with E-state index < -0.39 is 11.5 Å². The Morgan fingerprint density at radius 3 is 2.45 bits per heavy atom. The van der Waals surface area contributed by atoms with Crippen LogP contribution in [-0.2, 0) is 11.2 Å². The molecule has 0 spiro atoms. The second-order valence-corrected chi connectivity index (χ2v) is 9.67. The van der Waals surface area contributed by atoms with Crippen LogP contribution >= 0.6 is 11.6 Å². The molecule has 1 aliphatic heterocycles. The fourth-order valence-electron chi connectivity index (χ4n) is 3.98. The van der Waals surface area contributed by atoms with Crippen molar-refractivity contribution in [2.75, 3.05) is 18.4 Å². The first kappa shape index (κ1) is 24.8. The Bertz CT molecular complexity index is 1040. The molecule has 178 valence electrons. The Morgan fingerprint density at radius 2 is 1.91 bits per heavy atom. The van der Waals surface area contributed by atoms with Crippen molar-refractivity contribution in [1.29, 1.82) is 0 Å². The van der Waals surface area contributed by atoms with Crippen LogP contribution in [0.2, 0.25) is 5.15 Å². The summed E-state index contributed by atoms with van der Waals surface area (Å²) in [7, 11) is 0. The summed E-state index contributed by atoms with van der Waals surface area (Å²) in [6.07, 6.45) is 2.04. The molecule has 0 bridgehead atoms. The van der Waals surface area contributed by atoms with E-state index in [1.807, 2.05) is 39.8 Å². The van der Waals surface area contributed by atoms with E-state index in [4.69, 9.17) is 22.1 Å². The average Bonchev–Trinajstić information content (AvgIpc) is 2.73. The van der Waals surface area contributed by atoms with Crippen LogP contribution in [0.15, 0.2) is 18.2 Å². The highest BCUT2D eigenvalue weighted by atomic mass is 35.5. The van der Waals surface area contributed by atoms with Gasteiger partial charge in [-0.2, -0.15) is 0 Å². The second kappa shape index (κ2) is 9.95. The highest BCUT2D eigenvalue weighted by molar-refractivity contribution is 6.30. The van der Waals surface area contributed by atoms with Crippen LogP contribution in [0.4, 0.5) is 16.3 Å². The zero-order chi connectivity index (χ0) is 24.3. The molecule has 0 unspecified atom stereocenters. The smallest absolute Gasteiger partial charge is 0.410 e. The minimum Gasteiger partial charge on any atom is -0.444 e. The van der Waals surface area contributed by atoms with Gasteiger partial charge in [0.15, 0.2) is 16.7 Å². The van der Waals surface area contributed by atoms with E-state index in [0.29, 0.717) is 31.1 Å². The number of carbonyl (C=O) groups is 2. The third-order valence-electron chi connectivity index (χ3n) is 5.61. The molecule has 1 saturated heterocycles. The average molecular weight is 474 g/mol. The Labute approximate surface area is 199 Å².